The van der Waals surface area contributed by atoms with Crippen LogP contribution in [-0.2, 0) is 4.74 Å². The molecule has 1 amide bonds. The van der Waals surface area contributed by atoms with Gasteiger partial charge in [0.1, 0.15) is 12.4 Å². The molecule has 1 aromatic carbocycles. The van der Waals surface area contributed by atoms with Crippen LogP contribution in [0.25, 0.3) is 0 Å². The van der Waals surface area contributed by atoms with Crippen molar-refractivity contribution >= 4 is 5.91 Å². The molecule has 20 heavy (non-hydrogen) atoms. The van der Waals surface area contributed by atoms with E-state index in [0.717, 1.165) is 0 Å². The highest BCUT2D eigenvalue weighted by Crippen LogP contribution is 2.16. The quantitative estimate of drug-likeness (QED) is 0.735. The van der Waals surface area contributed by atoms with Crippen molar-refractivity contribution in [2.24, 2.45) is 0 Å². The lowest BCUT2D eigenvalue weighted by Gasteiger charge is -2.24. The van der Waals surface area contributed by atoms with Gasteiger partial charge in [0.15, 0.2) is 0 Å². The Morgan fingerprint density at radius 2 is 2.15 bits per heavy atom. The van der Waals surface area contributed by atoms with Gasteiger partial charge in [-0.3, -0.25) is 4.79 Å². The van der Waals surface area contributed by atoms with Crippen molar-refractivity contribution < 1.29 is 19.4 Å². The number of rotatable bonds is 8. The van der Waals surface area contributed by atoms with Crippen molar-refractivity contribution in [2.75, 3.05) is 34.0 Å². The minimum Gasteiger partial charge on any atom is -0.491 e. The summed E-state index contributed by atoms with van der Waals surface area (Å²) in [6, 6.07) is 7.07. The van der Waals surface area contributed by atoms with Crippen molar-refractivity contribution in [3.8, 4) is 5.75 Å². The van der Waals surface area contributed by atoms with E-state index in [4.69, 9.17) is 14.6 Å². The Morgan fingerprint density at radius 1 is 1.40 bits per heavy atom. The first kappa shape index (κ1) is 16.5. The Kier molecular flexibility index (Phi) is 7.04. The van der Waals surface area contributed by atoms with Crippen molar-refractivity contribution in [1.29, 1.82) is 0 Å². The summed E-state index contributed by atoms with van der Waals surface area (Å²) < 4.78 is 10.4. The zero-order chi connectivity index (χ0) is 15.0. The molecule has 0 radical (unpaired) electrons. The highest BCUT2D eigenvalue weighted by atomic mass is 16.5. The summed E-state index contributed by atoms with van der Waals surface area (Å²) >= 11 is 0. The molecule has 1 N–H and O–H groups in total. The summed E-state index contributed by atoms with van der Waals surface area (Å²) in [4.78, 5) is 13.9. The van der Waals surface area contributed by atoms with Crippen molar-refractivity contribution in [3.05, 3.63) is 29.8 Å². The molecule has 1 aromatic rings. The number of ether oxygens (including phenoxy) is 2. The highest BCUT2D eigenvalue weighted by Gasteiger charge is 2.17. The fourth-order valence-corrected chi connectivity index (χ4v) is 1.75. The van der Waals surface area contributed by atoms with E-state index >= 15 is 0 Å². The Hall–Kier alpha value is -1.59. The van der Waals surface area contributed by atoms with Gasteiger partial charge in [0.2, 0.25) is 0 Å². The average molecular weight is 281 g/mol. The van der Waals surface area contributed by atoms with Gasteiger partial charge in [-0.2, -0.15) is 0 Å². The lowest BCUT2D eigenvalue weighted by molar-refractivity contribution is 0.0722. The van der Waals surface area contributed by atoms with E-state index in [1.807, 2.05) is 13.0 Å². The smallest absolute Gasteiger partial charge is 0.253 e. The third kappa shape index (κ3) is 4.83. The van der Waals surface area contributed by atoms with E-state index in [1.54, 1.807) is 37.3 Å². The van der Waals surface area contributed by atoms with Gasteiger partial charge >= 0.3 is 0 Å². The predicted molar refractivity (Wildman–Crippen MR) is 77.1 cm³/mol. The lowest BCUT2D eigenvalue weighted by atomic mass is 10.1. The molecule has 0 aromatic heterocycles. The number of nitrogens with zero attached hydrogens (tertiary/aromatic N) is 1. The second-order valence-corrected chi connectivity index (χ2v) is 4.65. The van der Waals surface area contributed by atoms with Crippen LogP contribution in [0.2, 0.25) is 0 Å². The van der Waals surface area contributed by atoms with E-state index < -0.39 is 0 Å². The van der Waals surface area contributed by atoms with E-state index in [1.165, 1.54) is 0 Å². The number of carbonyl (C=O) groups is 1. The van der Waals surface area contributed by atoms with E-state index in [9.17, 15) is 4.79 Å². The summed E-state index contributed by atoms with van der Waals surface area (Å²) in [5.41, 5.74) is 0.576. The zero-order valence-corrected chi connectivity index (χ0v) is 12.3. The molecule has 0 aliphatic rings. The molecule has 5 nitrogen and oxygen atoms in total. The molecule has 5 heteroatoms. The maximum absolute atomic E-state index is 12.3. The number of benzene rings is 1. The number of carbonyl (C=O) groups excluding carboxylic acids is 1. The lowest BCUT2D eigenvalue weighted by Crippen LogP contribution is -2.35. The fourth-order valence-electron chi connectivity index (χ4n) is 1.75. The Morgan fingerprint density at radius 3 is 2.80 bits per heavy atom. The van der Waals surface area contributed by atoms with Crippen molar-refractivity contribution in [1.82, 2.24) is 4.90 Å². The minimum atomic E-state index is -0.0804. The maximum Gasteiger partial charge on any atom is 0.253 e. The number of aliphatic hydroxyl groups excluding tert-OH is 1. The van der Waals surface area contributed by atoms with Gasteiger partial charge < -0.3 is 19.5 Å². The third-order valence-corrected chi connectivity index (χ3v) is 3.17. The monoisotopic (exact) mass is 281 g/mol. The number of methoxy groups -OCH3 is 1. The molecule has 0 bridgehead atoms. The summed E-state index contributed by atoms with van der Waals surface area (Å²) in [5.74, 6) is 0.569. The first-order chi connectivity index (χ1) is 9.60. The molecule has 0 heterocycles. The topological polar surface area (TPSA) is 59.0 Å². The van der Waals surface area contributed by atoms with Gasteiger partial charge in [0.25, 0.3) is 5.91 Å². The molecule has 1 atom stereocenters. The summed E-state index contributed by atoms with van der Waals surface area (Å²) in [6.07, 6.45) is 0.562. The molecule has 0 spiro atoms. The number of hydrogen-bond acceptors (Lipinski definition) is 4. The summed E-state index contributed by atoms with van der Waals surface area (Å²) in [5, 5.41) is 8.93. The Bertz CT molecular complexity index is 422. The molecular weight excluding hydrogens is 258 g/mol. The van der Waals surface area contributed by atoms with Crippen LogP contribution in [0.5, 0.6) is 5.75 Å². The molecule has 0 aliphatic carbocycles. The summed E-state index contributed by atoms with van der Waals surface area (Å²) in [7, 11) is 3.35. The second kappa shape index (κ2) is 8.55. The number of hydrogen-bond donors (Lipinski definition) is 1. The average Bonchev–Trinajstić information content (AvgIpc) is 2.46. The molecule has 112 valence electrons. The Labute approximate surface area is 120 Å². The maximum atomic E-state index is 12.3. The first-order valence-corrected chi connectivity index (χ1v) is 6.70. The van der Waals surface area contributed by atoms with Crippen molar-refractivity contribution in [2.45, 2.75) is 19.4 Å². The van der Waals surface area contributed by atoms with E-state index in [-0.39, 0.29) is 18.6 Å². The molecule has 1 rings (SSSR count). The van der Waals surface area contributed by atoms with E-state index in [2.05, 4.69) is 0 Å². The van der Waals surface area contributed by atoms with Crippen LogP contribution >= 0.6 is 0 Å². The fraction of sp³-hybridized carbons (Fsp3) is 0.533. The van der Waals surface area contributed by atoms with Gasteiger partial charge in [-0.15, -0.1) is 0 Å². The highest BCUT2D eigenvalue weighted by molar-refractivity contribution is 5.94. The SMILES string of the molecule is COCCOc1cccc(C(=O)N(C)C(C)CCO)c1. The predicted octanol–water partition coefficient (Wildman–Crippen LogP) is 1.55. The van der Waals surface area contributed by atoms with Crippen molar-refractivity contribution in [3.63, 3.8) is 0 Å². The molecular formula is C15H23NO4. The van der Waals surface area contributed by atoms with Gasteiger partial charge in [0, 0.05) is 32.4 Å². The van der Waals surface area contributed by atoms with Crippen LogP contribution in [-0.4, -0.2) is 55.9 Å². The Balaban J connectivity index is 2.70. The molecule has 0 saturated carbocycles. The molecule has 0 fully saturated rings. The van der Waals surface area contributed by atoms with Gasteiger partial charge in [0.05, 0.1) is 6.61 Å². The normalized spacial score (nSPS) is 12.0. The van der Waals surface area contributed by atoms with Gasteiger partial charge in [-0.1, -0.05) is 6.07 Å². The van der Waals surface area contributed by atoms with Gasteiger partial charge in [-0.05, 0) is 31.5 Å². The molecule has 1 unspecified atom stereocenters. The van der Waals surface area contributed by atoms with E-state index in [0.29, 0.717) is 30.9 Å². The summed E-state index contributed by atoms with van der Waals surface area (Å²) in [6.45, 7) is 2.93. The number of aliphatic hydroxyl groups is 1. The first-order valence-electron chi connectivity index (χ1n) is 6.70. The number of amides is 1. The molecule has 0 saturated heterocycles. The third-order valence-electron chi connectivity index (χ3n) is 3.17. The van der Waals surface area contributed by atoms with Crippen LogP contribution in [0.15, 0.2) is 24.3 Å². The van der Waals surface area contributed by atoms with Crippen LogP contribution < -0.4 is 4.74 Å². The minimum absolute atomic E-state index is 0.00874. The van der Waals surface area contributed by atoms with Crippen LogP contribution in [0, 0.1) is 0 Å². The van der Waals surface area contributed by atoms with Crippen LogP contribution in [0.4, 0.5) is 0 Å². The van der Waals surface area contributed by atoms with Crippen LogP contribution in [0.1, 0.15) is 23.7 Å². The molecule has 0 aliphatic heterocycles. The zero-order valence-electron chi connectivity index (χ0n) is 12.3. The second-order valence-electron chi connectivity index (χ2n) is 4.65. The van der Waals surface area contributed by atoms with Crippen LogP contribution in [0.3, 0.4) is 0 Å². The largest absolute Gasteiger partial charge is 0.491 e. The van der Waals surface area contributed by atoms with Gasteiger partial charge in [-0.25, -0.2) is 0 Å². The standard InChI is InChI=1S/C15H23NO4/c1-12(7-8-17)16(2)15(18)13-5-4-6-14(11-13)20-10-9-19-3/h4-6,11-12,17H,7-10H2,1-3H3.